The van der Waals surface area contributed by atoms with Gasteiger partial charge in [-0.15, -0.1) is 37.7 Å². The van der Waals surface area contributed by atoms with Gasteiger partial charge in [0.2, 0.25) is 0 Å². The smallest absolute Gasteiger partial charge is 0.109 e. The largest absolute Gasteiger partial charge is 0.273 e. The minimum Gasteiger partial charge on any atom is -0.273 e. The molecule has 0 heterocycles. The van der Waals surface area contributed by atoms with E-state index in [-0.39, 0.29) is 24.8 Å². The third kappa shape index (κ3) is 23.7. The summed E-state index contributed by atoms with van der Waals surface area (Å²) in [6, 6.07) is 0. The normalized spacial score (nSPS) is 12.8. The molecular formula is C13H18Cl2Ti. The molecule has 0 saturated carbocycles. The molecule has 2 rings (SSSR count). The van der Waals surface area contributed by atoms with E-state index in [1.807, 2.05) is 24.3 Å². The average Bonchev–Trinajstić information content (AvgIpc) is 2.83. The van der Waals surface area contributed by atoms with E-state index >= 15 is 0 Å². The van der Waals surface area contributed by atoms with Gasteiger partial charge in [0, 0.05) is 0 Å². The zero-order valence-electron chi connectivity index (χ0n) is 9.69. The summed E-state index contributed by atoms with van der Waals surface area (Å²) in [6.45, 7) is 4.17. The SMILES string of the molecule is C[C](C)=[Ti+2].Cl.Cl.[C-]1=CC=CC1.[C-]1=CC=CC1. The maximum atomic E-state index is 2.99. The van der Waals surface area contributed by atoms with Gasteiger partial charge < -0.3 is 0 Å². The van der Waals surface area contributed by atoms with E-state index in [0.717, 1.165) is 12.8 Å². The van der Waals surface area contributed by atoms with Gasteiger partial charge in [-0.2, -0.15) is 12.2 Å². The van der Waals surface area contributed by atoms with E-state index in [2.05, 4.69) is 58.1 Å². The van der Waals surface area contributed by atoms with Crippen LogP contribution in [0.5, 0.6) is 0 Å². The summed E-state index contributed by atoms with van der Waals surface area (Å²) in [5.41, 5.74) is 0. The zero-order chi connectivity index (χ0) is 10.6. The van der Waals surface area contributed by atoms with E-state index in [9.17, 15) is 0 Å². The summed E-state index contributed by atoms with van der Waals surface area (Å²) < 4.78 is 1.42. The van der Waals surface area contributed by atoms with Crippen LogP contribution in [-0.2, 0) is 20.0 Å². The molecule has 0 aromatic carbocycles. The van der Waals surface area contributed by atoms with Gasteiger partial charge in [0.15, 0.2) is 0 Å². The Hall–Kier alpha value is 0.124. The van der Waals surface area contributed by atoms with Crippen LogP contribution in [0.15, 0.2) is 36.5 Å². The number of hydrogen-bond acceptors (Lipinski definition) is 0. The van der Waals surface area contributed by atoms with E-state index in [0.29, 0.717) is 0 Å². The number of hydrogen-bond donors (Lipinski definition) is 0. The van der Waals surface area contributed by atoms with Gasteiger partial charge in [-0.05, 0) is 0 Å². The van der Waals surface area contributed by atoms with Crippen molar-refractivity contribution in [2.75, 3.05) is 0 Å². The van der Waals surface area contributed by atoms with Crippen molar-refractivity contribution in [1.29, 1.82) is 0 Å². The summed E-state index contributed by atoms with van der Waals surface area (Å²) in [4.78, 5) is 0. The molecule has 2 aliphatic carbocycles. The van der Waals surface area contributed by atoms with Crippen LogP contribution in [0.1, 0.15) is 26.7 Å². The second kappa shape index (κ2) is 17.5. The molecule has 0 nitrogen and oxygen atoms in total. The Labute approximate surface area is 123 Å². The molecule has 0 N–H and O–H groups in total. The van der Waals surface area contributed by atoms with E-state index in [1.54, 1.807) is 0 Å². The molecule has 0 radical (unpaired) electrons. The van der Waals surface area contributed by atoms with E-state index in [1.165, 1.54) is 3.81 Å². The molecule has 0 atom stereocenters. The summed E-state index contributed by atoms with van der Waals surface area (Å²) in [7, 11) is 0. The Bertz CT molecular complexity index is 217. The maximum Gasteiger partial charge on any atom is -0.109 e. The minimum atomic E-state index is 0. The van der Waals surface area contributed by atoms with Crippen LogP contribution in [0.2, 0.25) is 0 Å². The Morgan fingerprint density at radius 3 is 1.31 bits per heavy atom. The number of allylic oxidation sites excluding steroid dienone is 8. The predicted octanol–water partition coefficient (Wildman–Crippen LogP) is 4.20. The van der Waals surface area contributed by atoms with Gasteiger partial charge in [0.1, 0.15) is 0 Å². The summed E-state index contributed by atoms with van der Waals surface area (Å²) >= 11 is 2.08. The standard InChI is InChI=1S/2C5H5.C3H6.2ClH.Ti/c2*1-2-4-5-3-1;1-3-2;;;/h2*1-3H,4H2;1-2H3;2*1H;/q2*-1;;;;+2. The topological polar surface area (TPSA) is 0 Å². The van der Waals surface area contributed by atoms with Crippen LogP contribution < -0.4 is 0 Å². The molecule has 88 valence electrons. The molecule has 0 saturated heterocycles. The Morgan fingerprint density at radius 1 is 0.938 bits per heavy atom. The molecule has 0 spiro atoms. The Morgan fingerprint density at radius 2 is 1.25 bits per heavy atom. The van der Waals surface area contributed by atoms with Crippen LogP contribution in [0.3, 0.4) is 0 Å². The molecule has 3 heteroatoms. The number of rotatable bonds is 0. The second-order valence-corrected chi connectivity index (χ2v) is 4.57. The molecule has 0 aromatic heterocycles. The first-order valence-electron chi connectivity index (χ1n) is 4.68. The molecule has 0 bridgehead atoms. The molecular weight excluding hydrogens is 275 g/mol. The first-order valence-corrected chi connectivity index (χ1v) is 5.47. The van der Waals surface area contributed by atoms with Crippen molar-refractivity contribution in [3.63, 3.8) is 0 Å². The first kappa shape index (κ1) is 21.4. The van der Waals surface area contributed by atoms with Gasteiger partial charge in [0.05, 0.1) is 0 Å². The maximum absolute atomic E-state index is 2.99. The van der Waals surface area contributed by atoms with Gasteiger partial charge in [-0.1, -0.05) is 0 Å². The summed E-state index contributed by atoms with van der Waals surface area (Å²) in [5, 5.41) is 0. The van der Waals surface area contributed by atoms with Crippen LogP contribution in [-0.4, -0.2) is 3.81 Å². The Balaban J connectivity index is -0.000000151. The second-order valence-electron chi connectivity index (χ2n) is 3.01. The minimum absolute atomic E-state index is 0. The van der Waals surface area contributed by atoms with Crippen molar-refractivity contribution in [3.05, 3.63) is 48.6 Å². The third-order valence-corrected chi connectivity index (χ3v) is 1.17. The molecule has 2 aliphatic rings. The molecule has 0 aliphatic heterocycles. The van der Waals surface area contributed by atoms with Crippen molar-refractivity contribution in [3.8, 4) is 0 Å². The Kier molecular flexibility index (Phi) is 23.4. The third-order valence-electron chi connectivity index (χ3n) is 1.17. The molecule has 0 fully saturated rings. The van der Waals surface area contributed by atoms with Crippen LogP contribution >= 0.6 is 24.8 Å². The molecule has 16 heavy (non-hydrogen) atoms. The molecule has 0 unspecified atom stereocenters. The van der Waals surface area contributed by atoms with Crippen molar-refractivity contribution >= 4 is 28.6 Å². The van der Waals surface area contributed by atoms with Gasteiger partial charge in [-0.3, -0.25) is 12.2 Å². The summed E-state index contributed by atoms with van der Waals surface area (Å²) in [6.07, 6.45) is 20.0. The fraction of sp³-hybridized carbons (Fsp3) is 0.308. The van der Waals surface area contributed by atoms with Crippen LogP contribution in [0.25, 0.3) is 0 Å². The van der Waals surface area contributed by atoms with Crippen molar-refractivity contribution < 1.29 is 20.0 Å². The van der Waals surface area contributed by atoms with Gasteiger partial charge in [0.25, 0.3) is 0 Å². The zero-order valence-corrected chi connectivity index (χ0v) is 12.9. The van der Waals surface area contributed by atoms with Crippen LogP contribution in [0, 0.1) is 12.2 Å². The van der Waals surface area contributed by atoms with Gasteiger partial charge >= 0.3 is 37.6 Å². The first-order chi connectivity index (χ1) is 6.73. The monoisotopic (exact) mass is 292 g/mol. The van der Waals surface area contributed by atoms with E-state index in [4.69, 9.17) is 0 Å². The van der Waals surface area contributed by atoms with Crippen LogP contribution in [0.4, 0.5) is 0 Å². The predicted molar refractivity (Wildman–Crippen MR) is 74.0 cm³/mol. The quantitative estimate of drug-likeness (QED) is 0.464. The molecule has 0 aromatic rings. The van der Waals surface area contributed by atoms with Crippen molar-refractivity contribution in [2.24, 2.45) is 0 Å². The number of halogens is 2. The molecule has 0 amide bonds. The summed E-state index contributed by atoms with van der Waals surface area (Å²) in [5.74, 6) is 0. The van der Waals surface area contributed by atoms with Crippen molar-refractivity contribution in [1.82, 2.24) is 0 Å². The fourth-order valence-corrected chi connectivity index (χ4v) is 0.680. The fourth-order valence-electron chi connectivity index (χ4n) is 0.680. The average molecular weight is 293 g/mol. The van der Waals surface area contributed by atoms with E-state index < -0.39 is 0 Å². The van der Waals surface area contributed by atoms with Crippen molar-refractivity contribution in [2.45, 2.75) is 26.7 Å². The van der Waals surface area contributed by atoms with Gasteiger partial charge in [-0.25, -0.2) is 24.3 Å².